The van der Waals surface area contributed by atoms with Gasteiger partial charge in [0, 0.05) is 35.8 Å². The second kappa shape index (κ2) is 9.58. The van der Waals surface area contributed by atoms with Crippen molar-refractivity contribution >= 4 is 23.5 Å². The SMILES string of the molecule is CCOC(=O)CN(CCOC)C(=O)c1cc(C)n(-c2ccc(Cl)cc2)c1C. The van der Waals surface area contributed by atoms with Gasteiger partial charge in [-0.05, 0) is 51.1 Å². The molecule has 2 rings (SSSR count). The van der Waals surface area contributed by atoms with E-state index in [1.807, 2.05) is 48.7 Å². The zero-order chi connectivity index (χ0) is 20.0. The van der Waals surface area contributed by atoms with Crippen LogP contribution in [0, 0.1) is 13.8 Å². The number of aryl methyl sites for hydroxylation is 1. The number of ether oxygens (including phenoxy) is 2. The highest BCUT2D eigenvalue weighted by molar-refractivity contribution is 6.30. The predicted molar refractivity (Wildman–Crippen MR) is 105 cm³/mol. The third-order valence-corrected chi connectivity index (χ3v) is 4.48. The van der Waals surface area contributed by atoms with Gasteiger partial charge >= 0.3 is 5.97 Å². The van der Waals surface area contributed by atoms with Gasteiger partial charge in [-0.3, -0.25) is 9.59 Å². The lowest BCUT2D eigenvalue weighted by Crippen LogP contribution is -2.38. The van der Waals surface area contributed by atoms with E-state index in [0.29, 0.717) is 23.7 Å². The lowest BCUT2D eigenvalue weighted by atomic mass is 10.2. The van der Waals surface area contributed by atoms with Crippen molar-refractivity contribution in [1.82, 2.24) is 9.47 Å². The molecular weight excluding hydrogens is 368 g/mol. The van der Waals surface area contributed by atoms with Crippen molar-refractivity contribution in [2.45, 2.75) is 20.8 Å². The topological polar surface area (TPSA) is 60.8 Å². The Kier molecular flexibility index (Phi) is 7.45. The van der Waals surface area contributed by atoms with Gasteiger partial charge < -0.3 is 18.9 Å². The van der Waals surface area contributed by atoms with Crippen LogP contribution in [0.1, 0.15) is 28.7 Å². The molecule has 0 fully saturated rings. The summed E-state index contributed by atoms with van der Waals surface area (Å²) >= 11 is 5.97. The van der Waals surface area contributed by atoms with Crippen LogP contribution >= 0.6 is 11.6 Å². The van der Waals surface area contributed by atoms with Gasteiger partial charge in [0.05, 0.1) is 18.8 Å². The molecule has 0 aliphatic rings. The maximum absolute atomic E-state index is 13.1. The summed E-state index contributed by atoms with van der Waals surface area (Å²) in [6.45, 7) is 6.35. The third kappa shape index (κ3) is 5.11. The molecular formula is C20H25ClN2O4. The Morgan fingerprint density at radius 1 is 1.19 bits per heavy atom. The zero-order valence-electron chi connectivity index (χ0n) is 16.1. The number of hydrogen-bond acceptors (Lipinski definition) is 4. The van der Waals surface area contributed by atoms with Gasteiger partial charge in [0.1, 0.15) is 6.54 Å². The van der Waals surface area contributed by atoms with E-state index in [9.17, 15) is 9.59 Å². The largest absolute Gasteiger partial charge is 0.465 e. The molecule has 7 heteroatoms. The second-order valence-corrected chi connectivity index (χ2v) is 6.56. The van der Waals surface area contributed by atoms with Gasteiger partial charge in [-0.1, -0.05) is 11.6 Å². The van der Waals surface area contributed by atoms with E-state index in [2.05, 4.69) is 0 Å². The van der Waals surface area contributed by atoms with Crippen molar-refractivity contribution in [3.8, 4) is 5.69 Å². The summed E-state index contributed by atoms with van der Waals surface area (Å²) in [4.78, 5) is 26.4. The summed E-state index contributed by atoms with van der Waals surface area (Å²) in [7, 11) is 1.55. The first-order chi connectivity index (χ1) is 12.9. The Labute approximate surface area is 164 Å². The van der Waals surface area contributed by atoms with Gasteiger partial charge in [-0.15, -0.1) is 0 Å². The number of rotatable bonds is 8. The van der Waals surface area contributed by atoms with Crippen LogP contribution in [0.25, 0.3) is 5.69 Å². The van der Waals surface area contributed by atoms with Gasteiger partial charge in [0.25, 0.3) is 5.91 Å². The van der Waals surface area contributed by atoms with Gasteiger partial charge in [-0.2, -0.15) is 0 Å². The monoisotopic (exact) mass is 392 g/mol. The summed E-state index contributed by atoms with van der Waals surface area (Å²) in [5, 5.41) is 0.651. The van der Waals surface area contributed by atoms with Crippen LogP contribution in [0.4, 0.5) is 0 Å². The molecule has 1 amide bonds. The molecule has 0 aliphatic heterocycles. The average molecular weight is 393 g/mol. The van der Waals surface area contributed by atoms with E-state index in [1.54, 1.807) is 14.0 Å². The first-order valence-electron chi connectivity index (χ1n) is 8.77. The van der Waals surface area contributed by atoms with Crippen molar-refractivity contribution in [3.63, 3.8) is 0 Å². The van der Waals surface area contributed by atoms with Crippen molar-refractivity contribution < 1.29 is 19.1 Å². The molecule has 0 aliphatic carbocycles. The number of hydrogen-bond donors (Lipinski definition) is 0. The van der Waals surface area contributed by atoms with Crippen LogP contribution in [0.5, 0.6) is 0 Å². The summed E-state index contributed by atoms with van der Waals surface area (Å²) in [5.41, 5.74) is 3.18. The summed E-state index contributed by atoms with van der Waals surface area (Å²) < 4.78 is 12.1. The van der Waals surface area contributed by atoms with Crippen LogP contribution in [-0.2, 0) is 14.3 Å². The zero-order valence-corrected chi connectivity index (χ0v) is 16.9. The Hall–Kier alpha value is -2.31. The molecule has 146 valence electrons. The molecule has 0 radical (unpaired) electrons. The fourth-order valence-corrected chi connectivity index (χ4v) is 3.08. The Balaban J connectivity index is 2.33. The smallest absolute Gasteiger partial charge is 0.325 e. The fraction of sp³-hybridized carbons (Fsp3) is 0.400. The third-order valence-electron chi connectivity index (χ3n) is 4.22. The minimum Gasteiger partial charge on any atom is -0.465 e. The Morgan fingerprint density at radius 3 is 2.44 bits per heavy atom. The molecule has 0 N–H and O–H groups in total. The molecule has 2 aromatic rings. The van der Waals surface area contributed by atoms with E-state index >= 15 is 0 Å². The number of methoxy groups -OCH3 is 1. The quantitative estimate of drug-likeness (QED) is 0.646. The number of benzene rings is 1. The Bertz CT molecular complexity index is 799. The van der Waals surface area contributed by atoms with Gasteiger partial charge in [-0.25, -0.2) is 0 Å². The van der Waals surface area contributed by atoms with Crippen LogP contribution < -0.4 is 0 Å². The van der Waals surface area contributed by atoms with Crippen LogP contribution in [-0.4, -0.2) is 54.8 Å². The first-order valence-corrected chi connectivity index (χ1v) is 9.15. The highest BCUT2D eigenvalue weighted by Gasteiger charge is 2.24. The van der Waals surface area contributed by atoms with Gasteiger partial charge in [0.2, 0.25) is 0 Å². The number of carbonyl (C=O) groups excluding carboxylic acids is 2. The molecule has 0 atom stereocenters. The van der Waals surface area contributed by atoms with E-state index in [4.69, 9.17) is 21.1 Å². The van der Waals surface area contributed by atoms with Crippen LogP contribution in [0.15, 0.2) is 30.3 Å². The lowest BCUT2D eigenvalue weighted by Gasteiger charge is -2.21. The van der Waals surface area contributed by atoms with Crippen molar-refractivity contribution in [3.05, 3.63) is 52.3 Å². The minimum absolute atomic E-state index is 0.110. The maximum atomic E-state index is 13.1. The van der Waals surface area contributed by atoms with Crippen molar-refractivity contribution in [2.75, 3.05) is 33.4 Å². The molecule has 0 saturated carbocycles. The fourth-order valence-electron chi connectivity index (χ4n) is 2.95. The van der Waals surface area contributed by atoms with Crippen molar-refractivity contribution in [2.24, 2.45) is 0 Å². The minimum atomic E-state index is -0.437. The molecule has 0 spiro atoms. The van der Waals surface area contributed by atoms with E-state index < -0.39 is 5.97 Å². The standard InChI is InChI=1S/C20H25ClN2O4/c1-5-27-19(24)13-22(10-11-26-4)20(25)18-12-14(2)23(15(18)3)17-8-6-16(21)7-9-17/h6-9,12H,5,10-11,13H2,1-4H3. The summed E-state index contributed by atoms with van der Waals surface area (Å²) in [6, 6.07) is 9.25. The molecule has 0 unspecified atom stereocenters. The summed E-state index contributed by atoms with van der Waals surface area (Å²) in [6.07, 6.45) is 0. The molecule has 6 nitrogen and oxygen atoms in total. The first kappa shape index (κ1) is 21.0. The van der Waals surface area contributed by atoms with Crippen molar-refractivity contribution in [1.29, 1.82) is 0 Å². The predicted octanol–water partition coefficient (Wildman–Crippen LogP) is 3.40. The number of nitrogens with zero attached hydrogens (tertiary/aromatic N) is 2. The lowest BCUT2D eigenvalue weighted by molar-refractivity contribution is -0.143. The van der Waals surface area contributed by atoms with E-state index in [0.717, 1.165) is 17.1 Å². The maximum Gasteiger partial charge on any atom is 0.325 e. The second-order valence-electron chi connectivity index (χ2n) is 6.12. The van der Waals surface area contributed by atoms with Crippen LogP contribution in [0.3, 0.4) is 0 Å². The molecule has 0 saturated heterocycles. The van der Waals surface area contributed by atoms with Gasteiger partial charge in [0.15, 0.2) is 0 Å². The normalized spacial score (nSPS) is 10.7. The highest BCUT2D eigenvalue weighted by atomic mass is 35.5. The van der Waals surface area contributed by atoms with E-state index in [-0.39, 0.29) is 19.1 Å². The molecule has 1 heterocycles. The summed E-state index contributed by atoms with van der Waals surface area (Å²) in [5.74, 6) is -0.665. The number of carbonyl (C=O) groups is 2. The molecule has 1 aromatic heterocycles. The number of esters is 1. The average Bonchev–Trinajstić information content (AvgIpc) is 2.93. The number of aromatic nitrogens is 1. The number of amides is 1. The highest BCUT2D eigenvalue weighted by Crippen LogP contribution is 2.23. The molecule has 1 aromatic carbocycles. The molecule has 0 bridgehead atoms. The molecule has 27 heavy (non-hydrogen) atoms. The Morgan fingerprint density at radius 2 is 1.85 bits per heavy atom. The van der Waals surface area contributed by atoms with E-state index in [1.165, 1.54) is 4.90 Å². The number of halogens is 1. The van der Waals surface area contributed by atoms with Crippen LogP contribution in [0.2, 0.25) is 5.02 Å².